The van der Waals surface area contributed by atoms with Crippen LogP contribution in [0.2, 0.25) is 0 Å². The van der Waals surface area contributed by atoms with Crippen LogP contribution in [0.1, 0.15) is 196 Å². The predicted molar refractivity (Wildman–Crippen MR) is 186 cm³/mol. The smallest absolute Gasteiger partial charge is 0.306 e. The van der Waals surface area contributed by atoms with Gasteiger partial charge in [-0.3, -0.25) is 9.59 Å². The van der Waals surface area contributed by atoms with E-state index in [9.17, 15) is 19.8 Å². The third kappa shape index (κ3) is 22.4. The number of carbonyl (C=O) groups excluding carboxylic acids is 2. The van der Waals surface area contributed by atoms with Gasteiger partial charge in [-0.25, -0.2) is 0 Å². The molecule has 1 rings (SSSR count). The first-order valence-corrected chi connectivity index (χ1v) is 19.1. The maximum absolute atomic E-state index is 12.5. The van der Waals surface area contributed by atoms with Gasteiger partial charge in [0.1, 0.15) is 18.8 Å². The van der Waals surface area contributed by atoms with Crippen molar-refractivity contribution in [2.24, 2.45) is 5.73 Å². The van der Waals surface area contributed by atoms with E-state index in [-0.39, 0.29) is 25.4 Å². The van der Waals surface area contributed by atoms with Crippen molar-refractivity contribution in [3.63, 3.8) is 0 Å². The standard InChI is InChI=1S/C38H73NO7/c1-3-5-7-9-11-13-15-17-19-21-23-25-27-29-33(40)44-31-32-36(42)37(35(39)38(43)45-32)46-34(41)30-28-26-24-22-20-18-16-14-12-10-8-6-4-2/h32,35-38,42-43H,3-31,39H2,1-2H3/t32-,35-,36-,37-,38?/m1/s1/i1D,2D. The Morgan fingerprint density at radius 1 is 0.609 bits per heavy atom. The van der Waals surface area contributed by atoms with Gasteiger partial charge in [-0.15, -0.1) is 0 Å². The molecule has 1 unspecified atom stereocenters. The molecule has 0 aromatic rings. The molecule has 1 saturated heterocycles. The Morgan fingerprint density at radius 2 is 0.978 bits per heavy atom. The van der Waals surface area contributed by atoms with Crippen LogP contribution in [0.25, 0.3) is 0 Å². The molecule has 1 aliphatic rings. The lowest BCUT2D eigenvalue weighted by molar-refractivity contribution is -0.256. The molecule has 0 bridgehead atoms. The van der Waals surface area contributed by atoms with Gasteiger partial charge in [-0.05, 0) is 12.8 Å². The second-order valence-corrected chi connectivity index (χ2v) is 13.5. The summed E-state index contributed by atoms with van der Waals surface area (Å²) in [6, 6.07) is -1.09. The maximum Gasteiger partial charge on any atom is 0.306 e. The Bertz CT molecular complexity index is 763. The van der Waals surface area contributed by atoms with Gasteiger partial charge in [0.2, 0.25) is 0 Å². The highest BCUT2D eigenvalue weighted by Crippen LogP contribution is 2.23. The molecule has 0 amide bonds. The first-order chi connectivity index (χ1) is 23.4. The molecule has 0 spiro atoms. The zero-order chi connectivity index (χ0) is 35.1. The molecule has 1 fully saturated rings. The van der Waals surface area contributed by atoms with E-state index in [1.165, 1.54) is 109 Å². The molecule has 8 nitrogen and oxygen atoms in total. The van der Waals surface area contributed by atoms with Crippen LogP contribution in [-0.2, 0) is 23.8 Å². The Labute approximate surface area is 285 Å². The predicted octanol–water partition coefficient (Wildman–Crippen LogP) is 8.81. The number of esters is 2. The topological polar surface area (TPSA) is 128 Å². The van der Waals surface area contributed by atoms with Crippen LogP contribution in [0.15, 0.2) is 0 Å². The fourth-order valence-corrected chi connectivity index (χ4v) is 6.12. The number of unbranched alkanes of at least 4 members (excludes halogenated alkanes) is 24. The monoisotopic (exact) mass is 658 g/mol. The van der Waals surface area contributed by atoms with Crippen molar-refractivity contribution in [3.8, 4) is 0 Å². The highest BCUT2D eigenvalue weighted by Gasteiger charge is 2.45. The van der Waals surface area contributed by atoms with Crippen LogP contribution in [0.4, 0.5) is 0 Å². The van der Waals surface area contributed by atoms with Crippen molar-refractivity contribution in [2.45, 2.75) is 224 Å². The van der Waals surface area contributed by atoms with E-state index in [0.29, 0.717) is 20.2 Å². The van der Waals surface area contributed by atoms with E-state index in [1.807, 2.05) is 0 Å². The van der Waals surface area contributed by atoms with Crippen molar-refractivity contribution in [1.29, 1.82) is 0 Å². The average Bonchev–Trinajstić information content (AvgIpc) is 3.08. The number of rotatable bonds is 31. The highest BCUT2D eigenvalue weighted by atomic mass is 16.6. The second kappa shape index (κ2) is 29.9. The van der Waals surface area contributed by atoms with E-state index in [1.54, 1.807) is 0 Å². The summed E-state index contributed by atoms with van der Waals surface area (Å²) in [5, 5.41) is 21.0. The van der Waals surface area contributed by atoms with Crippen LogP contribution in [-0.4, -0.2) is 59.4 Å². The lowest BCUT2D eigenvalue weighted by Gasteiger charge is -2.40. The molecule has 46 heavy (non-hydrogen) atoms. The van der Waals surface area contributed by atoms with E-state index in [2.05, 4.69) is 0 Å². The summed E-state index contributed by atoms with van der Waals surface area (Å²) in [6.07, 6.45) is 25.7. The molecule has 0 radical (unpaired) electrons. The molecule has 0 aromatic carbocycles. The van der Waals surface area contributed by atoms with Gasteiger partial charge in [0.25, 0.3) is 0 Å². The second-order valence-electron chi connectivity index (χ2n) is 13.5. The SMILES string of the molecule is [2H]CCCCCCCCCCCCCCCC(=O)OC[C@H]1OC(O)[C@H](N)[C@@H](OC(=O)CCCCCCCCCCCCCCC[2H])[C@@H]1O. The minimum absolute atomic E-state index is 0.223. The molecule has 1 aliphatic heterocycles. The largest absolute Gasteiger partial charge is 0.463 e. The quantitative estimate of drug-likeness (QED) is 0.0498. The van der Waals surface area contributed by atoms with Crippen molar-refractivity contribution in [2.75, 3.05) is 6.61 Å². The van der Waals surface area contributed by atoms with Gasteiger partial charge in [-0.2, -0.15) is 0 Å². The fraction of sp³-hybridized carbons (Fsp3) is 0.947. The molecule has 0 aromatic heterocycles. The van der Waals surface area contributed by atoms with Crippen LogP contribution in [0.5, 0.6) is 0 Å². The van der Waals surface area contributed by atoms with Gasteiger partial charge in [-0.1, -0.05) is 168 Å². The molecule has 5 atom stereocenters. The number of aliphatic hydroxyl groups is 2. The third-order valence-electron chi connectivity index (χ3n) is 9.18. The van der Waals surface area contributed by atoms with Crippen LogP contribution in [0, 0.1) is 0 Å². The van der Waals surface area contributed by atoms with Gasteiger partial charge in [0.05, 0.1) is 6.04 Å². The molecule has 0 saturated carbocycles. The lowest BCUT2D eigenvalue weighted by atomic mass is 9.97. The number of ether oxygens (including phenoxy) is 3. The van der Waals surface area contributed by atoms with E-state index in [0.717, 1.165) is 51.4 Å². The average molecular weight is 658 g/mol. The first kappa shape index (κ1) is 39.2. The van der Waals surface area contributed by atoms with E-state index in [4.69, 9.17) is 22.7 Å². The molecule has 8 heteroatoms. The Balaban J connectivity index is 2.09. The van der Waals surface area contributed by atoms with Gasteiger partial charge in [0, 0.05) is 15.6 Å². The molecule has 0 aliphatic carbocycles. The van der Waals surface area contributed by atoms with Crippen LogP contribution < -0.4 is 5.73 Å². The van der Waals surface area contributed by atoms with Crippen molar-refractivity contribution < 1.29 is 36.8 Å². The normalized spacial score (nSPS) is 21.9. The van der Waals surface area contributed by atoms with E-state index < -0.39 is 36.6 Å². The molecular weight excluding hydrogens is 582 g/mol. The van der Waals surface area contributed by atoms with E-state index >= 15 is 0 Å². The van der Waals surface area contributed by atoms with Gasteiger partial charge in [0.15, 0.2) is 12.4 Å². The third-order valence-corrected chi connectivity index (χ3v) is 9.18. The minimum Gasteiger partial charge on any atom is -0.463 e. The summed E-state index contributed by atoms with van der Waals surface area (Å²) in [6.45, 7) is 0.866. The summed E-state index contributed by atoms with van der Waals surface area (Å²) < 4.78 is 30.5. The fourth-order valence-electron chi connectivity index (χ4n) is 6.12. The molecular formula is C38H73NO7. The first-order valence-electron chi connectivity index (χ1n) is 20.5. The number of aliphatic hydroxyl groups excluding tert-OH is 2. The minimum atomic E-state index is -1.44. The number of carbonyl (C=O) groups is 2. The molecule has 272 valence electrons. The maximum atomic E-state index is 12.5. The number of hydrogen-bond donors (Lipinski definition) is 3. The van der Waals surface area contributed by atoms with Gasteiger partial charge < -0.3 is 30.2 Å². The summed E-state index contributed by atoms with van der Waals surface area (Å²) in [7, 11) is 0. The molecule has 1 heterocycles. The Kier molecular flexibility index (Phi) is 25.5. The van der Waals surface area contributed by atoms with Crippen LogP contribution >= 0.6 is 0 Å². The molecule has 4 N–H and O–H groups in total. The highest BCUT2D eigenvalue weighted by molar-refractivity contribution is 5.70. The number of hydrogen-bond acceptors (Lipinski definition) is 8. The zero-order valence-electron chi connectivity index (χ0n) is 31.3. The van der Waals surface area contributed by atoms with Crippen LogP contribution in [0.3, 0.4) is 0 Å². The summed E-state index contributed by atoms with van der Waals surface area (Å²) >= 11 is 0. The zero-order valence-corrected chi connectivity index (χ0v) is 29.3. The van der Waals surface area contributed by atoms with Crippen molar-refractivity contribution in [3.05, 3.63) is 0 Å². The Morgan fingerprint density at radius 3 is 1.39 bits per heavy atom. The Hall–Kier alpha value is -1.22. The lowest BCUT2D eigenvalue weighted by Crippen LogP contribution is -2.63. The van der Waals surface area contributed by atoms with Crippen molar-refractivity contribution >= 4 is 11.9 Å². The summed E-state index contributed by atoms with van der Waals surface area (Å²) in [4.78, 5) is 24.8. The van der Waals surface area contributed by atoms with Gasteiger partial charge >= 0.3 is 11.9 Å². The summed E-state index contributed by atoms with van der Waals surface area (Å²) in [5.41, 5.74) is 5.99. The van der Waals surface area contributed by atoms with Crippen molar-refractivity contribution in [1.82, 2.24) is 0 Å². The number of nitrogens with two attached hydrogens (primary N) is 1. The summed E-state index contributed by atoms with van der Waals surface area (Å²) in [5.74, 6) is -0.840.